The maximum Gasteiger partial charge on any atom is 0.282 e. The molecule has 12 nitrogen and oxygen atoms in total. The van der Waals surface area contributed by atoms with Gasteiger partial charge in [0.2, 0.25) is 10.0 Å². The highest BCUT2D eigenvalue weighted by molar-refractivity contribution is 7.92. The smallest absolute Gasteiger partial charge is 0.282 e. The van der Waals surface area contributed by atoms with Crippen molar-refractivity contribution in [1.29, 1.82) is 0 Å². The van der Waals surface area contributed by atoms with Gasteiger partial charge in [-0.1, -0.05) is 18.2 Å². The molecule has 1 atom stereocenters. The molecule has 4 aromatic heterocycles. The zero-order valence-corrected chi connectivity index (χ0v) is 24.1. The zero-order chi connectivity index (χ0) is 29.6. The number of sulfonamides is 1. The van der Waals surface area contributed by atoms with Gasteiger partial charge >= 0.3 is 0 Å². The van der Waals surface area contributed by atoms with E-state index in [4.69, 9.17) is 9.84 Å². The number of para-hydroxylation sites is 1. The van der Waals surface area contributed by atoms with E-state index in [-0.39, 0.29) is 5.56 Å². The molecule has 0 spiro atoms. The van der Waals surface area contributed by atoms with Crippen molar-refractivity contribution in [3.63, 3.8) is 0 Å². The summed E-state index contributed by atoms with van der Waals surface area (Å²) in [4.78, 5) is 25.9. The molecule has 0 amide bonds. The molecule has 6 aromatic rings. The summed E-state index contributed by atoms with van der Waals surface area (Å²) in [7, 11) is -2.00. The Morgan fingerprint density at radius 3 is 2.60 bits per heavy atom. The number of aryl methyl sites for hydroxylation is 1. The first-order valence-corrected chi connectivity index (χ1v) is 14.9. The molecule has 0 bridgehead atoms. The molecule has 3 N–H and O–H groups in total. The van der Waals surface area contributed by atoms with Gasteiger partial charge in [0.15, 0.2) is 5.82 Å². The Hall–Kier alpha value is -5.17. The number of benzene rings is 2. The number of methoxy groups -OCH3 is 1. The quantitative estimate of drug-likeness (QED) is 0.240. The summed E-state index contributed by atoms with van der Waals surface area (Å²) in [5.74, 6) is 1.46. The van der Waals surface area contributed by atoms with Gasteiger partial charge in [-0.15, -0.1) is 0 Å². The third-order valence-electron chi connectivity index (χ3n) is 6.89. The third-order valence-corrected chi connectivity index (χ3v) is 7.50. The van der Waals surface area contributed by atoms with Crippen LogP contribution in [0.3, 0.4) is 0 Å². The summed E-state index contributed by atoms with van der Waals surface area (Å²) in [6.45, 7) is 3.79. The van der Waals surface area contributed by atoms with Crippen molar-refractivity contribution >= 4 is 38.1 Å². The van der Waals surface area contributed by atoms with E-state index >= 15 is 0 Å². The number of fused-ring (bicyclic) bond motifs is 2. The second kappa shape index (κ2) is 10.3. The van der Waals surface area contributed by atoms with Crippen molar-refractivity contribution in [1.82, 2.24) is 29.1 Å². The number of aromatic nitrogens is 6. The minimum Gasteiger partial charge on any atom is -0.497 e. The highest BCUT2D eigenvalue weighted by atomic mass is 32.2. The Labute approximate surface area is 241 Å². The summed E-state index contributed by atoms with van der Waals surface area (Å²) in [6.07, 6.45) is 6.08. The molecular formula is C29H28N8O4S. The Morgan fingerprint density at radius 1 is 1.07 bits per heavy atom. The molecule has 2 aromatic carbocycles. The molecule has 0 aliphatic rings. The average molecular weight is 585 g/mol. The van der Waals surface area contributed by atoms with Gasteiger partial charge in [0, 0.05) is 24.0 Å². The first-order chi connectivity index (χ1) is 20.1. The molecule has 0 fully saturated rings. The molecule has 214 valence electrons. The van der Waals surface area contributed by atoms with Crippen LogP contribution in [-0.2, 0) is 10.0 Å². The van der Waals surface area contributed by atoms with Crippen molar-refractivity contribution in [2.24, 2.45) is 0 Å². The van der Waals surface area contributed by atoms with Crippen molar-refractivity contribution in [3.8, 4) is 22.6 Å². The van der Waals surface area contributed by atoms with Crippen LogP contribution in [0, 0.1) is 6.92 Å². The Morgan fingerprint density at radius 2 is 1.86 bits per heavy atom. The highest BCUT2D eigenvalue weighted by Crippen LogP contribution is 2.36. The van der Waals surface area contributed by atoms with Crippen molar-refractivity contribution in [2.75, 3.05) is 23.4 Å². The van der Waals surface area contributed by atoms with Gasteiger partial charge in [0.1, 0.15) is 29.1 Å². The second-order valence-corrected chi connectivity index (χ2v) is 11.7. The summed E-state index contributed by atoms with van der Waals surface area (Å²) in [6, 6.07) is 15.9. The summed E-state index contributed by atoms with van der Waals surface area (Å²) in [5.41, 5.74) is 4.18. The van der Waals surface area contributed by atoms with E-state index < -0.39 is 16.1 Å². The largest absolute Gasteiger partial charge is 0.497 e. The fraction of sp³-hybridized carbons (Fsp3) is 0.172. The molecule has 4 heterocycles. The molecule has 0 saturated carbocycles. The number of ether oxygens (including phenoxy) is 1. The lowest BCUT2D eigenvalue weighted by atomic mass is 10.0. The van der Waals surface area contributed by atoms with Crippen LogP contribution in [0.15, 0.2) is 78.1 Å². The van der Waals surface area contributed by atoms with Crippen LogP contribution in [0.25, 0.3) is 33.4 Å². The first-order valence-electron chi connectivity index (χ1n) is 13.0. The SMILES string of the molecule is COc1cc(NS(C)(=O)=O)cc(-c2c[nH]c3ncnc(N[C@@H](C)c4nn5ccc(C)c5c(=O)n4-c4ccccc4)c23)c1. The number of hydrogen-bond donors (Lipinski definition) is 3. The van der Waals surface area contributed by atoms with Gasteiger partial charge in [-0.05, 0) is 55.3 Å². The number of nitrogens with one attached hydrogen (secondary N) is 3. The van der Waals surface area contributed by atoms with Crippen LogP contribution in [0.2, 0.25) is 0 Å². The van der Waals surface area contributed by atoms with Gasteiger partial charge in [0.25, 0.3) is 5.56 Å². The zero-order valence-electron chi connectivity index (χ0n) is 23.3. The number of hydrogen-bond acceptors (Lipinski definition) is 8. The monoisotopic (exact) mass is 584 g/mol. The molecule has 0 aliphatic heterocycles. The lowest BCUT2D eigenvalue weighted by molar-refractivity contribution is 0.415. The van der Waals surface area contributed by atoms with E-state index in [1.165, 1.54) is 13.4 Å². The third kappa shape index (κ3) is 4.94. The lowest BCUT2D eigenvalue weighted by Crippen LogP contribution is -2.29. The van der Waals surface area contributed by atoms with Gasteiger partial charge < -0.3 is 15.0 Å². The summed E-state index contributed by atoms with van der Waals surface area (Å²) >= 11 is 0. The standard InChI is InChI=1S/C29H28N8O4S/c1-17-10-11-36-25(17)29(38)37(21-8-6-5-7-9-21)28(34-36)18(2)33-27-24-23(15-30-26(24)31-16-32-27)19-12-20(35-42(4,39)40)14-22(13-19)41-3/h5-16,18,35H,1-4H3,(H2,30,31,32,33)/t18-/m0/s1. The van der Waals surface area contributed by atoms with E-state index in [1.54, 1.807) is 39.7 Å². The summed E-state index contributed by atoms with van der Waals surface area (Å²) < 4.78 is 35.0. The number of anilines is 2. The number of nitrogens with zero attached hydrogens (tertiary/aromatic N) is 5. The van der Waals surface area contributed by atoms with Crippen molar-refractivity contribution in [3.05, 3.63) is 95.1 Å². The summed E-state index contributed by atoms with van der Waals surface area (Å²) in [5, 5.41) is 8.94. The minimum absolute atomic E-state index is 0.181. The van der Waals surface area contributed by atoms with Gasteiger partial charge in [-0.3, -0.25) is 14.1 Å². The van der Waals surface area contributed by atoms with Crippen LogP contribution in [0.5, 0.6) is 5.75 Å². The molecule has 0 saturated heterocycles. The highest BCUT2D eigenvalue weighted by Gasteiger charge is 2.22. The van der Waals surface area contributed by atoms with Crippen LogP contribution < -0.4 is 20.3 Å². The average Bonchev–Trinajstić information content (AvgIpc) is 3.56. The lowest BCUT2D eigenvalue weighted by Gasteiger charge is -2.20. The molecular weight excluding hydrogens is 556 g/mol. The predicted molar refractivity (Wildman–Crippen MR) is 162 cm³/mol. The molecule has 42 heavy (non-hydrogen) atoms. The molecule has 0 aliphatic carbocycles. The fourth-order valence-corrected chi connectivity index (χ4v) is 5.60. The van der Waals surface area contributed by atoms with Gasteiger partial charge in [0.05, 0.1) is 36.2 Å². The number of aromatic amines is 1. The number of H-pyrrole nitrogens is 1. The van der Waals surface area contributed by atoms with Gasteiger partial charge in [-0.2, -0.15) is 5.10 Å². The maximum atomic E-state index is 13.8. The Bertz CT molecular complexity index is 2120. The second-order valence-electron chi connectivity index (χ2n) is 9.96. The minimum atomic E-state index is -3.52. The molecule has 6 rings (SSSR count). The van der Waals surface area contributed by atoms with Crippen molar-refractivity contribution in [2.45, 2.75) is 19.9 Å². The van der Waals surface area contributed by atoms with E-state index in [1.807, 2.05) is 50.2 Å². The van der Waals surface area contributed by atoms with Crippen LogP contribution in [-0.4, -0.2) is 50.9 Å². The van der Waals surface area contributed by atoms with Crippen LogP contribution in [0.4, 0.5) is 11.5 Å². The Balaban J connectivity index is 1.48. The normalized spacial score (nSPS) is 12.5. The number of rotatable bonds is 8. The van der Waals surface area contributed by atoms with Gasteiger partial charge in [-0.25, -0.2) is 22.9 Å². The van der Waals surface area contributed by atoms with Crippen molar-refractivity contribution < 1.29 is 13.2 Å². The van der Waals surface area contributed by atoms with Crippen LogP contribution >= 0.6 is 0 Å². The first kappa shape index (κ1) is 27.0. The van der Waals surface area contributed by atoms with Crippen LogP contribution in [0.1, 0.15) is 24.4 Å². The fourth-order valence-electron chi connectivity index (χ4n) is 5.05. The molecule has 0 radical (unpaired) electrons. The molecule has 0 unspecified atom stereocenters. The predicted octanol–water partition coefficient (Wildman–Crippen LogP) is 4.29. The molecule has 13 heteroatoms. The van der Waals surface area contributed by atoms with E-state index in [9.17, 15) is 13.2 Å². The maximum absolute atomic E-state index is 13.8. The topological polar surface area (TPSA) is 148 Å². The van der Waals surface area contributed by atoms with E-state index in [0.29, 0.717) is 50.9 Å². The van der Waals surface area contributed by atoms with E-state index in [0.717, 1.165) is 17.4 Å². The Kier molecular flexibility index (Phi) is 6.65. The van der Waals surface area contributed by atoms with E-state index in [2.05, 4.69) is 25.0 Å².